The van der Waals surface area contributed by atoms with Gasteiger partial charge in [0.05, 0.1) is 6.85 Å². The summed E-state index contributed by atoms with van der Waals surface area (Å²) in [7, 11) is 0. The van der Waals surface area contributed by atoms with Gasteiger partial charge in [-0.3, -0.25) is 0 Å². The molecule has 0 heteroatoms. The first-order chi connectivity index (χ1) is 21.9. The van der Waals surface area contributed by atoms with Crippen molar-refractivity contribution >= 4 is 43.1 Å². The first-order valence-corrected chi connectivity index (χ1v) is 13.5. The molecule has 186 valence electrons. The smallest absolute Gasteiger partial charge is 0.0622 e. The van der Waals surface area contributed by atoms with Gasteiger partial charge in [0.1, 0.15) is 0 Å². The van der Waals surface area contributed by atoms with E-state index in [1.54, 1.807) is 0 Å². The third kappa shape index (κ3) is 3.54. The zero-order valence-electron chi connectivity index (χ0n) is 26.6. The lowest BCUT2D eigenvalue weighted by Gasteiger charge is -2.18. The molecule has 0 nitrogen and oxygen atoms in total. The van der Waals surface area contributed by atoms with E-state index in [0.29, 0.717) is 5.56 Å². The van der Waals surface area contributed by atoms with E-state index in [0.717, 1.165) is 38.2 Å². The Labute approximate surface area is 240 Å². The summed E-state index contributed by atoms with van der Waals surface area (Å²) in [4.78, 5) is 0. The molecule has 8 aromatic rings. The highest BCUT2D eigenvalue weighted by Gasteiger charge is 2.16. The molecule has 0 spiro atoms. The highest BCUT2D eigenvalue weighted by molar-refractivity contribution is 6.21. The van der Waals surface area contributed by atoms with Gasteiger partial charge in [0.2, 0.25) is 0 Å². The van der Waals surface area contributed by atoms with Gasteiger partial charge < -0.3 is 0 Å². The summed E-state index contributed by atoms with van der Waals surface area (Å²) >= 11 is 0. The molecule has 0 aliphatic heterocycles. The third-order valence-electron chi connectivity index (χ3n) is 7.95. The monoisotopic (exact) mass is 511 g/mol. The fourth-order valence-electron chi connectivity index (χ4n) is 6.19. The maximum atomic E-state index is 8.78. The second kappa shape index (κ2) is 9.22. The summed E-state index contributed by atoms with van der Waals surface area (Å²) in [6, 6.07) is 42.5. The van der Waals surface area contributed by atoms with Gasteiger partial charge in [0, 0.05) is 0 Å². The molecule has 0 aromatic heterocycles. The fraction of sp³-hybridized carbons (Fsp3) is 0. The number of hydrogen-bond acceptors (Lipinski definition) is 0. The minimum atomic E-state index is -0.390. The van der Waals surface area contributed by atoms with E-state index in [9.17, 15) is 0 Å². The van der Waals surface area contributed by atoms with Gasteiger partial charge in [0.25, 0.3) is 0 Å². The van der Waals surface area contributed by atoms with Crippen LogP contribution in [0, 0.1) is 0 Å². The van der Waals surface area contributed by atoms with Crippen LogP contribution in [0.5, 0.6) is 0 Å². The molecular formula is C40H26. The highest BCUT2D eigenvalue weighted by atomic mass is 14.2. The molecular weight excluding hydrogens is 480 g/mol. The molecule has 0 fully saturated rings. The molecule has 8 aromatic carbocycles. The van der Waals surface area contributed by atoms with Crippen LogP contribution in [0.25, 0.3) is 76.5 Å². The van der Waals surface area contributed by atoms with Crippen molar-refractivity contribution < 1.29 is 6.85 Å². The normalized spacial score (nSPS) is 13.2. The molecule has 0 amide bonds. The van der Waals surface area contributed by atoms with Crippen LogP contribution < -0.4 is 0 Å². The van der Waals surface area contributed by atoms with Crippen LogP contribution in [0.1, 0.15) is 6.85 Å². The largest absolute Gasteiger partial charge is 0.0629 e. The van der Waals surface area contributed by atoms with Gasteiger partial charge in [-0.25, -0.2) is 0 Å². The summed E-state index contributed by atoms with van der Waals surface area (Å²) in [6.07, 6.45) is 0. The van der Waals surface area contributed by atoms with Crippen molar-refractivity contribution in [3.05, 3.63) is 158 Å². The van der Waals surface area contributed by atoms with Crippen LogP contribution in [-0.4, -0.2) is 0 Å². The quantitative estimate of drug-likeness (QED) is 0.163. The van der Waals surface area contributed by atoms with Crippen molar-refractivity contribution in [3.63, 3.8) is 0 Å². The lowest BCUT2D eigenvalue weighted by molar-refractivity contribution is 1.63. The Balaban J connectivity index is 1.36. The number of hydrogen-bond donors (Lipinski definition) is 0. The molecule has 0 saturated carbocycles. The molecule has 0 saturated heterocycles. The van der Waals surface area contributed by atoms with E-state index < -0.39 is 6.04 Å². The predicted molar refractivity (Wildman–Crippen MR) is 173 cm³/mol. The van der Waals surface area contributed by atoms with Gasteiger partial charge in [-0.2, -0.15) is 0 Å². The molecule has 0 unspecified atom stereocenters. The Morgan fingerprint density at radius 3 is 1.50 bits per heavy atom. The summed E-state index contributed by atoms with van der Waals surface area (Å²) < 4.78 is 42.4. The Kier molecular flexibility index (Phi) is 4.18. The molecule has 0 atom stereocenters. The van der Waals surface area contributed by atoms with Crippen LogP contribution in [0.4, 0.5) is 0 Å². The van der Waals surface area contributed by atoms with Crippen molar-refractivity contribution in [1.29, 1.82) is 0 Å². The van der Waals surface area contributed by atoms with E-state index in [1.807, 2.05) is 36.4 Å². The maximum absolute atomic E-state index is 8.78. The van der Waals surface area contributed by atoms with Gasteiger partial charge in [-0.05, 0) is 76.5 Å². The Morgan fingerprint density at radius 1 is 0.325 bits per heavy atom. The van der Waals surface area contributed by atoms with E-state index in [-0.39, 0.29) is 29.7 Å². The molecule has 0 radical (unpaired) electrons. The van der Waals surface area contributed by atoms with Crippen LogP contribution in [-0.2, 0) is 0 Å². The minimum Gasteiger partial charge on any atom is -0.0622 e. The molecule has 40 heavy (non-hydrogen) atoms. The zero-order valence-corrected chi connectivity index (χ0v) is 21.6. The number of benzene rings is 8. The Morgan fingerprint density at radius 2 is 0.850 bits per heavy atom. The first-order valence-electron chi connectivity index (χ1n) is 16.0. The van der Waals surface area contributed by atoms with Crippen molar-refractivity contribution in [3.8, 4) is 33.4 Å². The van der Waals surface area contributed by atoms with Gasteiger partial charge in [0.15, 0.2) is 0 Å². The minimum absolute atomic E-state index is 0.198. The average molecular weight is 512 g/mol. The average Bonchev–Trinajstić information content (AvgIpc) is 3.09. The standard InChI is InChI=1S/C40H26/c1-2-12-29(13-3-1)39-35-15-6-8-17-37(35)40(38-18-9-7-16-36(38)39)30-23-21-28(22-24-30)32-19-10-20-33-31-14-5-4-11-27(31)25-26-34(32)33/h1-26H/i1D,2D,3D,12D,13D. The van der Waals surface area contributed by atoms with Gasteiger partial charge in [-0.1, -0.05) is 158 Å². The molecule has 0 aliphatic rings. The van der Waals surface area contributed by atoms with E-state index in [2.05, 4.69) is 91.0 Å². The molecule has 0 heterocycles. The third-order valence-corrected chi connectivity index (χ3v) is 7.95. The topological polar surface area (TPSA) is 0 Å². The van der Waals surface area contributed by atoms with Crippen LogP contribution in [0.3, 0.4) is 0 Å². The van der Waals surface area contributed by atoms with Crippen LogP contribution in [0.15, 0.2) is 158 Å². The summed E-state index contributed by atoms with van der Waals surface area (Å²) in [5, 5.41) is 8.51. The first kappa shape index (κ1) is 18.2. The summed E-state index contributed by atoms with van der Waals surface area (Å²) in [6.45, 7) is 0. The zero-order chi connectivity index (χ0) is 30.8. The lowest BCUT2D eigenvalue weighted by Crippen LogP contribution is -1.91. The van der Waals surface area contributed by atoms with E-state index >= 15 is 0 Å². The lowest BCUT2D eigenvalue weighted by atomic mass is 9.85. The SMILES string of the molecule is [2H]c1c([2H])c([2H])c(-c2c3ccccc3c(-c3ccc(-c4cccc5c4ccc4ccccc45)cc3)c3ccccc23)c([2H])c1[2H]. The second-order valence-corrected chi connectivity index (χ2v) is 10.1. The molecule has 0 aliphatic carbocycles. The van der Waals surface area contributed by atoms with Crippen LogP contribution in [0.2, 0.25) is 0 Å². The van der Waals surface area contributed by atoms with Crippen molar-refractivity contribution in [2.24, 2.45) is 0 Å². The Bertz CT molecular complexity index is 2390. The number of fused-ring (bicyclic) bond motifs is 5. The fourth-order valence-corrected chi connectivity index (χ4v) is 6.19. The van der Waals surface area contributed by atoms with E-state index in [1.165, 1.54) is 27.1 Å². The highest BCUT2D eigenvalue weighted by Crippen LogP contribution is 2.44. The molecule has 8 rings (SSSR count). The van der Waals surface area contributed by atoms with Crippen molar-refractivity contribution in [2.75, 3.05) is 0 Å². The van der Waals surface area contributed by atoms with E-state index in [4.69, 9.17) is 6.85 Å². The Hall–Kier alpha value is -5.20. The van der Waals surface area contributed by atoms with Gasteiger partial charge >= 0.3 is 0 Å². The molecule has 0 N–H and O–H groups in total. The second-order valence-electron chi connectivity index (χ2n) is 10.1. The van der Waals surface area contributed by atoms with Gasteiger partial charge in [-0.15, -0.1) is 0 Å². The van der Waals surface area contributed by atoms with Crippen molar-refractivity contribution in [2.45, 2.75) is 0 Å². The molecule has 0 bridgehead atoms. The maximum Gasteiger partial charge on any atom is 0.0629 e. The number of rotatable bonds is 3. The van der Waals surface area contributed by atoms with Crippen LogP contribution >= 0.6 is 0 Å². The van der Waals surface area contributed by atoms with Crippen molar-refractivity contribution in [1.82, 2.24) is 0 Å². The summed E-state index contributed by atoms with van der Waals surface area (Å²) in [5.41, 5.74) is 5.28. The predicted octanol–water partition coefficient (Wildman–Crippen LogP) is 11.3. The summed E-state index contributed by atoms with van der Waals surface area (Å²) in [5.74, 6) is 0.